The number of hydrogen-bond acceptors (Lipinski definition) is 3. The summed E-state index contributed by atoms with van der Waals surface area (Å²) < 4.78 is 5.51. The van der Waals surface area contributed by atoms with Gasteiger partial charge < -0.3 is 15.4 Å². The maximum atomic E-state index is 12.2. The highest BCUT2D eigenvalue weighted by atomic mass is 16.5. The lowest BCUT2D eigenvalue weighted by molar-refractivity contribution is 0.262. The third-order valence-electron chi connectivity index (χ3n) is 4.17. The lowest BCUT2D eigenvalue weighted by atomic mass is 10.1. The third-order valence-corrected chi connectivity index (χ3v) is 4.17. The number of carbonyl (C=O) groups is 1. The van der Waals surface area contributed by atoms with E-state index in [1.807, 2.05) is 24.3 Å². The van der Waals surface area contributed by atoms with Crippen molar-refractivity contribution in [2.45, 2.75) is 25.7 Å². The minimum absolute atomic E-state index is 0.250. The van der Waals surface area contributed by atoms with Crippen molar-refractivity contribution in [3.8, 4) is 5.75 Å². The maximum Gasteiger partial charge on any atom is 0.323 e. The fourth-order valence-electron chi connectivity index (χ4n) is 3.12. The molecule has 1 aliphatic carbocycles. The summed E-state index contributed by atoms with van der Waals surface area (Å²) in [7, 11) is 0. The van der Waals surface area contributed by atoms with E-state index in [0.29, 0.717) is 6.61 Å². The van der Waals surface area contributed by atoms with Crippen LogP contribution in [-0.4, -0.2) is 17.6 Å². The minimum atomic E-state index is -0.250. The maximum absolute atomic E-state index is 12.2. The van der Waals surface area contributed by atoms with Gasteiger partial charge in [-0.3, -0.25) is 4.98 Å². The van der Waals surface area contributed by atoms with Crippen molar-refractivity contribution in [3.63, 3.8) is 0 Å². The van der Waals surface area contributed by atoms with Crippen molar-refractivity contribution in [1.29, 1.82) is 0 Å². The van der Waals surface area contributed by atoms with Crippen LogP contribution in [0.2, 0.25) is 0 Å². The molecule has 1 aromatic carbocycles. The molecule has 4 rings (SSSR count). The van der Waals surface area contributed by atoms with Gasteiger partial charge in [-0.2, -0.15) is 0 Å². The van der Waals surface area contributed by atoms with Crippen molar-refractivity contribution in [3.05, 3.63) is 47.3 Å². The zero-order valence-electron chi connectivity index (χ0n) is 12.2. The molecule has 0 spiro atoms. The molecule has 0 bridgehead atoms. The Balaban J connectivity index is 1.48. The Morgan fingerprint density at radius 2 is 2.14 bits per heavy atom. The highest BCUT2D eigenvalue weighted by molar-refractivity contribution is 6.00. The van der Waals surface area contributed by atoms with Crippen LogP contribution in [0.4, 0.5) is 16.2 Å². The number of aryl methyl sites for hydroxylation is 2. The van der Waals surface area contributed by atoms with Crippen LogP contribution < -0.4 is 15.4 Å². The molecule has 0 fully saturated rings. The number of pyridine rings is 1. The topological polar surface area (TPSA) is 63.2 Å². The Hall–Kier alpha value is -2.56. The molecule has 1 aromatic heterocycles. The normalized spacial score (nSPS) is 14.9. The number of anilines is 2. The standard InChI is InChI=1S/C17H17N3O2/c21-17(19-12-9-11-3-1-4-14(11)18-10-12)20-15-5-2-6-16-13(15)7-8-22-16/h2,5-6,9-10H,1,3-4,7-8H2,(H2,19,20,21). The smallest absolute Gasteiger partial charge is 0.323 e. The van der Waals surface area contributed by atoms with Gasteiger partial charge >= 0.3 is 6.03 Å². The summed E-state index contributed by atoms with van der Waals surface area (Å²) in [5.41, 5.74) is 5.00. The van der Waals surface area contributed by atoms with Crippen LogP contribution in [0, 0.1) is 0 Å². The number of carbonyl (C=O) groups excluding carboxylic acids is 1. The number of nitrogens with one attached hydrogen (secondary N) is 2. The lowest BCUT2D eigenvalue weighted by Crippen LogP contribution is -2.20. The summed E-state index contributed by atoms with van der Waals surface area (Å²) in [5.74, 6) is 0.858. The Bertz CT molecular complexity index is 743. The molecule has 2 aromatic rings. The van der Waals surface area contributed by atoms with Crippen LogP contribution in [0.5, 0.6) is 5.75 Å². The predicted octanol–water partition coefficient (Wildman–Crippen LogP) is 3.15. The predicted molar refractivity (Wildman–Crippen MR) is 84.5 cm³/mol. The van der Waals surface area contributed by atoms with E-state index in [1.165, 1.54) is 5.56 Å². The van der Waals surface area contributed by atoms with Gasteiger partial charge in [0.25, 0.3) is 0 Å². The number of rotatable bonds is 2. The molecule has 2 amide bonds. The van der Waals surface area contributed by atoms with E-state index in [9.17, 15) is 4.79 Å². The monoisotopic (exact) mass is 295 g/mol. The summed E-state index contributed by atoms with van der Waals surface area (Å²) in [4.78, 5) is 16.6. The quantitative estimate of drug-likeness (QED) is 0.894. The fraction of sp³-hybridized carbons (Fsp3) is 0.294. The second-order valence-electron chi connectivity index (χ2n) is 5.64. The molecular formula is C17H17N3O2. The summed E-state index contributed by atoms with van der Waals surface area (Å²) in [5, 5.41) is 5.76. The number of hydrogen-bond donors (Lipinski definition) is 2. The van der Waals surface area contributed by atoms with Gasteiger partial charge in [0.05, 0.1) is 18.5 Å². The van der Waals surface area contributed by atoms with Gasteiger partial charge in [0, 0.05) is 23.4 Å². The number of ether oxygens (including phenoxy) is 1. The molecule has 5 heteroatoms. The molecule has 0 saturated carbocycles. The van der Waals surface area contributed by atoms with E-state index < -0.39 is 0 Å². The molecule has 0 saturated heterocycles. The van der Waals surface area contributed by atoms with E-state index in [0.717, 1.165) is 54.1 Å². The first-order valence-corrected chi connectivity index (χ1v) is 7.60. The first kappa shape index (κ1) is 13.1. The molecule has 0 unspecified atom stereocenters. The number of benzene rings is 1. The Kier molecular flexibility index (Phi) is 3.18. The van der Waals surface area contributed by atoms with Gasteiger partial charge in [-0.25, -0.2) is 4.79 Å². The molecule has 0 atom stereocenters. The van der Waals surface area contributed by atoms with E-state index in [2.05, 4.69) is 15.6 Å². The first-order valence-electron chi connectivity index (χ1n) is 7.60. The van der Waals surface area contributed by atoms with Crippen LogP contribution in [0.25, 0.3) is 0 Å². The Morgan fingerprint density at radius 1 is 1.18 bits per heavy atom. The highest BCUT2D eigenvalue weighted by Crippen LogP contribution is 2.31. The summed E-state index contributed by atoms with van der Waals surface area (Å²) in [6, 6.07) is 7.48. The second kappa shape index (κ2) is 5.33. The third kappa shape index (κ3) is 2.39. The zero-order chi connectivity index (χ0) is 14.9. The SMILES string of the molecule is O=C(Nc1cnc2c(c1)CCC2)Nc1cccc2c1CCO2. The van der Waals surface area contributed by atoms with Crippen LogP contribution in [0.3, 0.4) is 0 Å². The molecule has 2 aliphatic rings. The molecule has 2 heterocycles. The van der Waals surface area contributed by atoms with Gasteiger partial charge in [0.2, 0.25) is 0 Å². The molecular weight excluding hydrogens is 278 g/mol. The first-order chi connectivity index (χ1) is 10.8. The molecule has 1 aliphatic heterocycles. The van der Waals surface area contributed by atoms with Crippen LogP contribution >= 0.6 is 0 Å². The molecule has 112 valence electrons. The average Bonchev–Trinajstić information content (AvgIpc) is 3.15. The molecule has 22 heavy (non-hydrogen) atoms. The number of urea groups is 1. The van der Waals surface area contributed by atoms with Gasteiger partial charge in [-0.1, -0.05) is 6.07 Å². The zero-order valence-corrected chi connectivity index (χ0v) is 12.2. The Morgan fingerprint density at radius 3 is 3.09 bits per heavy atom. The molecule has 0 radical (unpaired) electrons. The van der Waals surface area contributed by atoms with Crippen LogP contribution in [-0.2, 0) is 19.3 Å². The van der Waals surface area contributed by atoms with Crippen molar-refractivity contribution in [2.24, 2.45) is 0 Å². The summed E-state index contributed by atoms with van der Waals surface area (Å²) in [6.45, 7) is 0.671. The van der Waals surface area contributed by atoms with E-state index >= 15 is 0 Å². The van der Waals surface area contributed by atoms with Crippen molar-refractivity contribution in [2.75, 3.05) is 17.2 Å². The number of fused-ring (bicyclic) bond motifs is 2. The molecule has 2 N–H and O–H groups in total. The largest absolute Gasteiger partial charge is 0.493 e. The minimum Gasteiger partial charge on any atom is -0.493 e. The fourth-order valence-corrected chi connectivity index (χ4v) is 3.12. The van der Waals surface area contributed by atoms with Crippen LogP contribution in [0.1, 0.15) is 23.2 Å². The van der Waals surface area contributed by atoms with Crippen molar-refractivity contribution in [1.82, 2.24) is 4.98 Å². The van der Waals surface area contributed by atoms with Gasteiger partial charge in [-0.05, 0) is 43.0 Å². The van der Waals surface area contributed by atoms with E-state index in [4.69, 9.17) is 4.74 Å². The van der Waals surface area contributed by atoms with Gasteiger partial charge in [0.15, 0.2) is 0 Å². The van der Waals surface area contributed by atoms with Crippen molar-refractivity contribution < 1.29 is 9.53 Å². The lowest BCUT2D eigenvalue weighted by Gasteiger charge is -2.11. The van der Waals surface area contributed by atoms with Crippen LogP contribution in [0.15, 0.2) is 30.5 Å². The second-order valence-corrected chi connectivity index (χ2v) is 5.64. The number of amides is 2. The Labute approximate surface area is 128 Å². The summed E-state index contributed by atoms with van der Waals surface area (Å²) in [6.07, 6.45) is 5.78. The van der Waals surface area contributed by atoms with Crippen molar-refractivity contribution >= 4 is 17.4 Å². The number of aromatic nitrogens is 1. The van der Waals surface area contributed by atoms with E-state index in [-0.39, 0.29) is 6.03 Å². The number of nitrogens with zero attached hydrogens (tertiary/aromatic N) is 1. The van der Waals surface area contributed by atoms with Gasteiger partial charge in [-0.15, -0.1) is 0 Å². The van der Waals surface area contributed by atoms with Gasteiger partial charge in [0.1, 0.15) is 5.75 Å². The summed E-state index contributed by atoms with van der Waals surface area (Å²) >= 11 is 0. The average molecular weight is 295 g/mol. The van der Waals surface area contributed by atoms with E-state index in [1.54, 1.807) is 6.20 Å². The highest BCUT2D eigenvalue weighted by Gasteiger charge is 2.17. The molecule has 5 nitrogen and oxygen atoms in total.